The van der Waals surface area contributed by atoms with Crippen LogP contribution in [0.15, 0.2) is 47.4 Å². The van der Waals surface area contributed by atoms with Crippen LogP contribution < -0.4 is 4.31 Å². The number of hydrogen-bond donors (Lipinski definition) is 0. The Labute approximate surface area is 199 Å². The Morgan fingerprint density at radius 2 is 1.88 bits per heavy atom. The molecule has 1 heterocycles. The summed E-state index contributed by atoms with van der Waals surface area (Å²) in [5.41, 5.74) is 0.535. The molecule has 33 heavy (non-hydrogen) atoms. The molecule has 7 nitrogen and oxygen atoms in total. The second-order valence-corrected chi connectivity index (χ2v) is 10.1. The van der Waals surface area contributed by atoms with Gasteiger partial charge in [0.1, 0.15) is 12.4 Å². The van der Waals surface area contributed by atoms with Crippen molar-refractivity contribution in [3.8, 4) is 11.4 Å². The van der Waals surface area contributed by atoms with E-state index in [2.05, 4.69) is 10.2 Å². The summed E-state index contributed by atoms with van der Waals surface area (Å²) in [5.74, 6) is 0.242. The quantitative estimate of drug-likeness (QED) is 0.374. The van der Waals surface area contributed by atoms with Gasteiger partial charge in [0.25, 0.3) is 10.0 Å². The van der Waals surface area contributed by atoms with E-state index in [-0.39, 0.29) is 34.8 Å². The first-order chi connectivity index (χ1) is 15.7. The molecule has 3 aromatic rings. The fourth-order valence-corrected chi connectivity index (χ4v) is 5.29. The summed E-state index contributed by atoms with van der Waals surface area (Å²) in [6.45, 7) is 6.25. The van der Waals surface area contributed by atoms with E-state index >= 15 is 0 Å². The van der Waals surface area contributed by atoms with Crippen LogP contribution in [0.5, 0.6) is 0 Å². The molecule has 0 aliphatic rings. The molecule has 3 rings (SSSR count). The summed E-state index contributed by atoms with van der Waals surface area (Å²) in [7, 11) is -2.43. The summed E-state index contributed by atoms with van der Waals surface area (Å²) in [4.78, 5) is 0.118. The second kappa shape index (κ2) is 10.6. The minimum absolute atomic E-state index is 0.0633. The van der Waals surface area contributed by atoms with E-state index < -0.39 is 15.8 Å². The van der Waals surface area contributed by atoms with Crippen molar-refractivity contribution in [1.29, 1.82) is 0 Å². The van der Waals surface area contributed by atoms with E-state index in [0.717, 1.165) is 12.5 Å². The predicted molar refractivity (Wildman–Crippen MR) is 127 cm³/mol. The number of rotatable bonds is 10. The molecule has 0 bridgehead atoms. The number of halogens is 2. The number of aromatic nitrogens is 3. The summed E-state index contributed by atoms with van der Waals surface area (Å²) >= 11 is 6.15. The van der Waals surface area contributed by atoms with Crippen molar-refractivity contribution in [3.05, 3.63) is 59.1 Å². The van der Waals surface area contributed by atoms with E-state index in [1.54, 1.807) is 25.3 Å². The van der Waals surface area contributed by atoms with E-state index in [1.807, 2.05) is 25.3 Å². The molecule has 0 amide bonds. The number of nitrogens with zero attached hydrogens (tertiary/aromatic N) is 4. The predicted octanol–water partition coefficient (Wildman–Crippen LogP) is 5.46. The van der Waals surface area contributed by atoms with Gasteiger partial charge in [-0.05, 0) is 38.5 Å². The molecule has 178 valence electrons. The first-order valence-electron chi connectivity index (χ1n) is 10.7. The molecule has 0 atom stereocenters. The van der Waals surface area contributed by atoms with E-state index in [1.165, 1.54) is 22.5 Å². The van der Waals surface area contributed by atoms with Gasteiger partial charge in [-0.3, -0.25) is 4.31 Å². The highest BCUT2D eigenvalue weighted by atomic mass is 35.5. The van der Waals surface area contributed by atoms with Crippen LogP contribution in [0.1, 0.15) is 45.5 Å². The van der Waals surface area contributed by atoms with Gasteiger partial charge in [0.2, 0.25) is 0 Å². The molecular weight excluding hydrogens is 467 g/mol. The molecule has 0 aliphatic carbocycles. The van der Waals surface area contributed by atoms with Gasteiger partial charge in [0.05, 0.1) is 15.6 Å². The van der Waals surface area contributed by atoms with Crippen LogP contribution in [0.4, 0.5) is 10.1 Å². The van der Waals surface area contributed by atoms with Crippen molar-refractivity contribution in [3.63, 3.8) is 0 Å². The van der Waals surface area contributed by atoms with Crippen LogP contribution in [0.2, 0.25) is 5.02 Å². The van der Waals surface area contributed by atoms with Gasteiger partial charge >= 0.3 is 0 Å². The van der Waals surface area contributed by atoms with Crippen molar-refractivity contribution in [2.75, 3.05) is 18.0 Å². The van der Waals surface area contributed by atoms with Gasteiger partial charge < -0.3 is 9.30 Å². The monoisotopic (exact) mass is 494 g/mol. The van der Waals surface area contributed by atoms with E-state index in [4.69, 9.17) is 16.3 Å². The van der Waals surface area contributed by atoms with E-state index in [0.29, 0.717) is 23.6 Å². The molecule has 1 aromatic heterocycles. The molecule has 0 saturated heterocycles. The smallest absolute Gasteiger partial charge is 0.264 e. The van der Waals surface area contributed by atoms with Crippen LogP contribution in [0, 0.1) is 5.82 Å². The lowest BCUT2D eigenvalue weighted by Gasteiger charge is -2.27. The molecule has 0 fully saturated rings. The number of benzene rings is 2. The van der Waals surface area contributed by atoms with E-state index in [9.17, 15) is 12.8 Å². The standard InChI is InChI=1S/C23H28ClFN4O3S/c1-5-6-12-28(33(30,31)17-10-8-7-9-11-17)21-14-20(25)19(24)13-18(21)23-27-26-22(15-32-4)29(23)16(2)3/h7-11,13-14,16H,5-6,12,15H2,1-4H3. The lowest BCUT2D eigenvalue weighted by atomic mass is 10.1. The van der Waals surface area contributed by atoms with Crippen molar-refractivity contribution in [2.24, 2.45) is 0 Å². The molecule has 2 aromatic carbocycles. The van der Waals surface area contributed by atoms with Gasteiger partial charge in [0, 0.05) is 31.3 Å². The molecule has 0 unspecified atom stereocenters. The third kappa shape index (κ3) is 5.20. The lowest BCUT2D eigenvalue weighted by molar-refractivity contribution is 0.173. The first-order valence-corrected chi connectivity index (χ1v) is 12.5. The van der Waals surface area contributed by atoms with Crippen molar-refractivity contribution >= 4 is 27.3 Å². The SMILES string of the molecule is CCCCN(c1cc(F)c(Cl)cc1-c1nnc(COC)n1C(C)C)S(=O)(=O)c1ccccc1. The fraction of sp³-hybridized carbons (Fsp3) is 0.391. The minimum Gasteiger partial charge on any atom is -0.377 e. The van der Waals surface area contributed by atoms with Crippen molar-refractivity contribution in [1.82, 2.24) is 14.8 Å². The Balaban J connectivity index is 2.29. The largest absolute Gasteiger partial charge is 0.377 e. The Bertz CT molecular complexity index is 1200. The maximum absolute atomic E-state index is 14.7. The summed E-state index contributed by atoms with van der Waals surface area (Å²) in [5, 5.41) is 8.40. The van der Waals surface area contributed by atoms with Crippen LogP contribution >= 0.6 is 11.6 Å². The zero-order valence-corrected chi connectivity index (χ0v) is 20.7. The van der Waals surface area contributed by atoms with Crippen LogP contribution in [-0.2, 0) is 21.4 Å². The van der Waals surface area contributed by atoms with Crippen LogP contribution in [0.3, 0.4) is 0 Å². The third-order valence-electron chi connectivity index (χ3n) is 5.15. The number of ether oxygens (including phenoxy) is 1. The van der Waals surface area contributed by atoms with Gasteiger partial charge in [-0.25, -0.2) is 12.8 Å². The first kappa shape index (κ1) is 25.1. The summed E-state index contributed by atoms with van der Waals surface area (Å²) in [6, 6.07) is 10.6. The average Bonchev–Trinajstić information content (AvgIpc) is 3.20. The maximum Gasteiger partial charge on any atom is 0.264 e. The Kier molecular flexibility index (Phi) is 8.10. The van der Waals surface area contributed by atoms with Gasteiger partial charge in [0.15, 0.2) is 11.6 Å². The van der Waals surface area contributed by atoms with Crippen LogP contribution in [-0.4, -0.2) is 36.8 Å². The minimum atomic E-state index is -3.98. The number of sulfonamides is 1. The number of unbranched alkanes of at least 4 members (excludes halogenated alkanes) is 1. The Hall–Kier alpha value is -2.49. The number of anilines is 1. The molecular formula is C23H28ClFN4O3S. The molecule has 0 N–H and O–H groups in total. The highest BCUT2D eigenvalue weighted by Gasteiger charge is 2.30. The highest BCUT2D eigenvalue weighted by molar-refractivity contribution is 7.92. The average molecular weight is 495 g/mol. The lowest BCUT2D eigenvalue weighted by Crippen LogP contribution is -2.32. The second-order valence-electron chi connectivity index (χ2n) is 7.86. The normalized spacial score (nSPS) is 11.8. The zero-order chi connectivity index (χ0) is 24.2. The molecule has 0 radical (unpaired) electrons. The molecule has 0 spiro atoms. The van der Waals surface area contributed by atoms with Crippen LogP contribution in [0.25, 0.3) is 11.4 Å². The third-order valence-corrected chi connectivity index (χ3v) is 7.27. The van der Waals surface area contributed by atoms with Gasteiger partial charge in [-0.15, -0.1) is 10.2 Å². The Morgan fingerprint density at radius 3 is 2.48 bits per heavy atom. The molecule has 0 saturated carbocycles. The fourth-order valence-electron chi connectivity index (χ4n) is 3.59. The summed E-state index contributed by atoms with van der Waals surface area (Å²) in [6.07, 6.45) is 1.34. The Morgan fingerprint density at radius 1 is 1.18 bits per heavy atom. The van der Waals surface area contributed by atoms with Crippen molar-refractivity contribution < 1.29 is 17.5 Å². The zero-order valence-electron chi connectivity index (χ0n) is 19.1. The highest BCUT2D eigenvalue weighted by Crippen LogP contribution is 2.38. The number of hydrogen-bond acceptors (Lipinski definition) is 5. The molecule has 10 heteroatoms. The molecule has 0 aliphatic heterocycles. The van der Waals surface area contributed by atoms with Gasteiger partial charge in [-0.1, -0.05) is 43.1 Å². The number of methoxy groups -OCH3 is 1. The topological polar surface area (TPSA) is 77.3 Å². The van der Waals surface area contributed by atoms with Gasteiger partial charge in [-0.2, -0.15) is 0 Å². The maximum atomic E-state index is 14.7. The van der Waals surface area contributed by atoms with Crippen molar-refractivity contribution in [2.45, 2.75) is 51.2 Å². The summed E-state index contributed by atoms with van der Waals surface area (Å²) < 4.78 is 50.3.